The highest BCUT2D eigenvalue weighted by Gasteiger charge is 2.72. The lowest BCUT2D eigenvalue weighted by Crippen LogP contribution is -2.35. The van der Waals surface area contributed by atoms with Gasteiger partial charge in [-0.05, 0) is 42.5 Å². The van der Waals surface area contributed by atoms with Crippen LogP contribution in [-0.2, 0) is 22.1 Å². The molecule has 5 heterocycles. The van der Waals surface area contributed by atoms with Gasteiger partial charge in [0.15, 0.2) is 6.67 Å². The van der Waals surface area contributed by atoms with E-state index in [-0.39, 0.29) is 59.0 Å². The molecule has 3 aliphatic rings. The molecule has 3 atom stereocenters. The van der Waals surface area contributed by atoms with Crippen molar-refractivity contribution in [2.24, 2.45) is 17.3 Å². The number of likely N-dealkylation sites (tertiary alicyclic amines) is 2. The summed E-state index contributed by atoms with van der Waals surface area (Å²) in [4.78, 5) is 51.2. The number of alkyl halides is 3. The molecular weight excluding hydrogens is 545 g/mol. The molecule has 210 valence electrons. The molecular formula is C28H27F3N4O4S. The van der Waals surface area contributed by atoms with Gasteiger partial charge in [-0.15, -0.1) is 11.3 Å². The van der Waals surface area contributed by atoms with Gasteiger partial charge >= 0.3 is 5.92 Å². The Bertz CT molecular complexity index is 1560. The minimum absolute atomic E-state index is 0.0355. The Hall–Kier alpha value is -3.38. The predicted molar refractivity (Wildman–Crippen MR) is 140 cm³/mol. The minimum atomic E-state index is -3.86. The van der Waals surface area contributed by atoms with Crippen molar-refractivity contribution in [3.05, 3.63) is 46.1 Å². The first kappa shape index (κ1) is 26.8. The van der Waals surface area contributed by atoms with Crippen molar-refractivity contribution in [1.82, 2.24) is 19.8 Å². The summed E-state index contributed by atoms with van der Waals surface area (Å²) in [5, 5.41) is 9.97. The summed E-state index contributed by atoms with van der Waals surface area (Å²) in [6.07, 6.45) is 1.17. The second-order valence-corrected chi connectivity index (χ2v) is 12.5. The number of hydrogen-bond donors (Lipinski definition) is 1. The van der Waals surface area contributed by atoms with Crippen LogP contribution in [0.1, 0.15) is 46.8 Å². The van der Waals surface area contributed by atoms with Gasteiger partial charge < -0.3 is 10.0 Å². The fourth-order valence-corrected chi connectivity index (χ4v) is 7.16. The molecule has 0 spiro atoms. The largest absolute Gasteiger partial charge is 0.391 e. The lowest BCUT2D eigenvalue weighted by molar-refractivity contribution is -0.143. The van der Waals surface area contributed by atoms with Crippen LogP contribution in [0.3, 0.4) is 0 Å². The van der Waals surface area contributed by atoms with Gasteiger partial charge in [-0.2, -0.15) is 8.78 Å². The van der Waals surface area contributed by atoms with Crippen molar-refractivity contribution in [2.75, 3.05) is 19.8 Å². The molecule has 0 aromatic carbocycles. The average Bonchev–Trinajstić information content (AvgIpc) is 3.29. The molecule has 12 heteroatoms. The number of aliphatic hydroxyl groups excluding tert-OH is 1. The van der Waals surface area contributed by atoms with Gasteiger partial charge in [0.1, 0.15) is 5.69 Å². The third kappa shape index (κ3) is 4.02. The Morgan fingerprint density at radius 1 is 1.23 bits per heavy atom. The first-order valence-corrected chi connectivity index (χ1v) is 13.8. The monoisotopic (exact) mass is 572 g/mol. The minimum Gasteiger partial charge on any atom is -0.391 e. The van der Waals surface area contributed by atoms with E-state index in [4.69, 9.17) is 0 Å². The van der Waals surface area contributed by atoms with Gasteiger partial charge in [0, 0.05) is 29.7 Å². The van der Waals surface area contributed by atoms with E-state index in [0.29, 0.717) is 33.6 Å². The van der Waals surface area contributed by atoms with Gasteiger partial charge in [0.25, 0.3) is 5.91 Å². The molecule has 0 radical (unpaired) electrons. The van der Waals surface area contributed by atoms with Crippen molar-refractivity contribution in [3.63, 3.8) is 0 Å². The summed E-state index contributed by atoms with van der Waals surface area (Å²) < 4.78 is 42.9. The van der Waals surface area contributed by atoms with Crippen LogP contribution in [0.2, 0.25) is 0 Å². The van der Waals surface area contributed by atoms with Gasteiger partial charge in [-0.1, -0.05) is 13.8 Å². The quantitative estimate of drug-likeness (QED) is 0.447. The first-order valence-electron chi connectivity index (χ1n) is 13.0. The number of carbonyl (C=O) groups is 3. The van der Waals surface area contributed by atoms with E-state index in [1.54, 1.807) is 12.1 Å². The van der Waals surface area contributed by atoms with Crippen LogP contribution in [0.15, 0.2) is 24.4 Å². The zero-order chi connectivity index (χ0) is 28.7. The van der Waals surface area contributed by atoms with Gasteiger partial charge in [-0.25, -0.2) is 9.37 Å². The highest BCUT2D eigenvalue weighted by molar-refractivity contribution is 7.19. The zero-order valence-electron chi connectivity index (χ0n) is 22.1. The number of piperidine rings is 1. The number of imide groups is 1. The zero-order valence-corrected chi connectivity index (χ0v) is 22.9. The number of aliphatic hydroxyl groups is 1. The maximum atomic E-state index is 14.5. The van der Waals surface area contributed by atoms with Crippen LogP contribution in [-0.4, -0.2) is 68.5 Å². The topological polar surface area (TPSA) is 104 Å². The Kier molecular flexibility index (Phi) is 6.08. The molecule has 3 fully saturated rings. The van der Waals surface area contributed by atoms with Crippen LogP contribution in [0.4, 0.5) is 13.2 Å². The fourth-order valence-electron chi connectivity index (χ4n) is 6.05. The molecule has 3 aromatic heterocycles. The summed E-state index contributed by atoms with van der Waals surface area (Å²) in [5.74, 6) is -5.36. The number of aryl methyl sites for hydroxylation is 1. The number of β-amino-alcohol motifs (C(OH)–C–C–N with tert-alkyl or cyclic N) is 1. The van der Waals surface area contributed by atoms with Crippen LogP contribution in [0, 0.1) is 24.2 Å². The lowest BCUT2D eigenvalue weighted by atomic mass is 9.98. The second kappa shape index (κ2) is 9.07. The predicted octanol–water partition coefficient (Wildman–Crippen LogP) is 4.08. The molecule has 1 N–H and O–H groups in total. The number of carbonyl (C=O) groups excluding carboxylic acids is 3. The molecule has 1 aliphatic carbocycles. The number of hydrogen-bond acceptors (Lipinski definition) is 7. The second-order valence-electron chi connectivity index (χ2n) is 11.4. The molecule has 2 saturated heterocycles. The highest BCUT2D eigenvalue weighted by atomic mass is 32.1. The lowest BCUT2D eigenvalue weighted by Gasteiger charge is -2.22. The maximum Gasteiger partial charge on any atom is 0.317 e. The number of pyridine rings is 2. The third-order valence-electron chi connectivity index (χ3n) is 8.35. The summed E-state index contributed by atoms with van der Waals surface area (Å²) in [6, 6.07) is 4.31. The Morgan fingerprint density at radius 2 is 1.93 bits per heavy atom. The van der Waals surface area contributed by atoms with Gasteiger partial charge in [-0.3, -0.25) is 24.3 Å². The molecule has 2 aliphatic heterocycles. The molecule has 3 unspecified atom stereocenters. The average molecular weight is 573 g/mol. The standard InChI is InChI=1S/C28H27F3N4O4S/c1-13-8-18(28(30,31)12-29)33-22(19(13)24(37)34-7-5-14(36)10-34)16-4-6-32-17-9-15(40-23(16)17)11-35-25(38)20-21(26(35)39)27(20,2)3/h4,6,8-9,14,20-21,36H,5,7,10-12H2,1-3H3. The number of fused-ring (bicyclic) bond motifs is 2. The number of aromatic nitrogens is 2. The summed E-state index contributed by atoms with van der Waals surface area (Å²) in [6.45, 7) is 3.82. The van der Waals surface area contributed by atoms with E-state index in [0.717, 1.165) is 6.07 Å². The third-order valence-corrected chi connectivity index (χ3v) is 9.49. The van der Waals surface area contributed by atoms with E-state index >= 15 is 0 Å². The van der Waals surface area contributed by atoms with Crippen LogP contribution >= 0.6 is 11.3 Å². The van der Waals surface area contributed by atoms with Crippen molar-refractivity contribution in [2.45, 2.75) is 45.8 Å². The smallest absolute Gasteiger partial charge is 0.317 e. The molecule has 1 saturated carbocycles. The fraction of sp³-hybridized carbons (Fsp3) is 0.464. The molecule has 0 bridgehead atoms. The summed E-state index contributed by atoms with van der Waals surface area (Å²) in [7, 11) is 0. The molecule has 3 aromatic rings. The molecule has 3 amide bonds. The molecule has 8 nitrogen and oxygen atoms in total. The van der Waals surface area contributed by atoms with E-state index in [1.807, 2.05) is 13.8 Å². The number of amides is 3. The van der Waals surface area contributed by atoms with E-state index in [9.17, 15) is 32.7 Å². The van der Waals surface area contributed by atoms with Crippen molar-refractivity contribution in [1.29, 1.82) is 0 Å². The summed E-state index contributed by atoms with van der Waals surface area (Å²) >= 11 is 1.23. The van der Waals surface area contributed by atoms with Crippen LogP contribution < -0.4 is 0 Å². The first-order chi connectivity index (χ1) is 18.8. The van der Waals surface area contributed by atoms with E-state index in [2.05, 4.69) is 9.97 Å². The molecule has 40 heavy (non-hydrogen) atoms. The number of rotatable bonds is 6. The highest BCUT2D eigenvalue weighted by Crippen LogP contribution is 2.63. The van der Waals surface area contributed by atoms with Crippen LogP contribution in [0.5, 0.6) is 0 Å². The Morgan fingerprint density at radius 3 is 2.55 bits per heavy atom. The number of thiophene rings is 1. The van der Waals surface area contributed by atoms with Crippen molar-refractivity contribution < 1.29 is 32.7 Å². The van der Waals surface area contributed by atoms with E-state index < -0.39 is 30.3 Å². The SMILES string of the molecule is Cc1cc(C(F)(F)CF)nc(-c2ccnc3cc(CN4C(=O)C5C(C4=O)C5(C)C)sc23)c1C(=O)N1CCC(O)C1. The van der Waals surface area contributed by atoms with Crippen LogP contribution in [0.25, 0.3) is 21.5 Å². The Labute approximate surface area is 231 Å². The van der Waals surface area contributed by atoms with E-state index in [1.165, 1.54) is 34.3 Å². The normalized spacial score (nSPS) is 23.8. The molecule has 6 rings (SSSR count). The van der Waals surface area contributed by atoms with Gasteiger partial charge in [0.05, 0.1) is 46.0 Å². The maximum absolute atomic E-state index is 14.5. The van der Waals surface area contributed by atoms with Crippen molar-refractivity contribution in [3.8, 4) is 11.3 Å². The summed E-state index contributed by atoms with van der Waals surface area (Å²) in [5.41, 5.74) is -0.0295. The van der Waals surface area contributed by atoms with Gasteiger partial charge in [0.2, 0.25) is 11.8 Å². The van der Waals surface area contributed by atoms with Crippen molar-refractivity contribution >= 4 is 39.3 Å². The number of nitrogens with zero attached hydrogens (tertiary/aromatic N) is 4. The number of halogens is 3. The Balaban J connectivity index is 1.44.